The zero-order chi connectivity index (χ0) is 13.4. The lowest BCUT2D eigenvalue weighted by molar-refractivity contribution is 0.0966. The molecule has 0 heterocycles. The van der Waals surface area contributed by atoms with Crippen molar-refractivity contribution >= 4 is 5.78 Å². The summed E-state index contributed by atoms with van der Waals surface area (Å²) in [4.78, 5) is 12.1. The fraction of sp³-hybridized carbons (Fsp3) is 0.235. The van der Waals surface area contributed by atoms with Crippen LogP contribution in [0.3, 0.4) is 0 Å². The SMILES string of the molecule is CC.CC(C(=O)c1ccccc1)c1ccccc1. The summed E-state index contributed by atoms with van der Waals surface area (Å²) in [6, 6.07) is 19.3. The molecular weight excluding hydrogens is 220 g/mol. The van der Waals surface area contributed by atoms with Crippen molar-refractivity contribution in [3.8, 4) is 0 Å². The fourth-order valence-electron chi connectivity index (χ4n) is 1.75. The monoisotopic (exact) mass is 240 g/mol. The van der Waals surface area contributed by atoms with Gasteiger partial charge in [-0.05, 0) is 5.56 Å². The van der Waals surface area contributed by atoms with E-state index in [0.717, 1.165) is 11.1 Å². The van der Waals surface area contributed by atoms with Gasteiger partial charge in [0.1, 0.15) is 0 Å². The normalized spacial score (nSPS) is 11.1. The smallest absolute Gasteiger partial charge is 0.170 e. The van der Waals surface area contributed by atoms with E-state index in [9.17, 15) is 4.79 Å². The van der Waals surface area contributed by atoms with Gasteiger partial charge >= 0.3 is 0 Å². The van der Waals surface area contributed by atoms with Crippen molar-refractivity contribution < 1.29 is 4.79 Å². The van der Waals surface area contributed by atoms with Gasteiger partial charge in [0.05, 0.1) is 0 Å². The third kappa shape index (κ3) is 3.56. The summed E-state index contributed by atoms with van der Waals surface area (Å²) >= 11 is 0. The van der Waals surface area contributed by atoms with Crippen LogP contribution >= 0.6 is 0 Å². The van der Waals surface area contributed by atoms with Crippen LogP contribution < -0.4 is 0 Å². The van der Waals surface area contributed by atoms with Crippen LogP contribution in [-0.2, 0) is 0 Å². The summed E-state index contributed by atoms with van der Waals surface area (Å²) in [7, 11) is 0. The molecule has 1 unspecified atom stereocenters. The first-order valence-electron chi connectivity index (χ1n) is 6.43. The fourth-order valence-corrected chi connectivity index (χ4v) is 1.75. The Balaban J connectivity index is 0.000000771. The Bertz CT molecular complexity index is 459. The summed E-state index contributed by atoms with van der Waals surface area (Å²) in [5.74, 6) is 0.0930. The van der Waals surface area contributed by atoms with E-state index in [1.807, 2.05) is 81.4 Å². The number of rotatable bonds is 3. The molecule has 1 atom stereocenters. The van der Waals surface area contributed by atoms with Crippen molar-refractivity contribution in [3.05, 3.63) is 71.8 Å². The van der Waals surface area contributed by atoms with E-state index in [2.05, 4.69) is 0 Å². The predicted molar refractivity (Wildman–Crippen MR) is 77.0 cm³/mol. The second-order valence-electron chi connectivity index (χ2n) is 3.86. The Labute approximate surface area is 109 Å². The van der Waals surface area contributed by atoms with Gasteiger partial charge in [0, 0.05) is 11.5 Å². The minimum atomic E-state index is -0.0800. The lowest BCUT2D eigenvalue weighted by Crippen LogP contribution is -2.09. The molecule has 1 heteroatoms. The molecule has 0 aromatic heterocycles. The van der Waals surface area contributed by atoms with E-state index in [1.54, 1.807) is 0 Å². The first-order valence-corrected chi connectivity index (χ1v) is 6.43. The zero-order valence-corrected chi connectivity index (χ0v) is 11.3. The summed E-state index contributed by atoms with van der Waals surface area (Å²) in [6.07, 6.45) is 0. The number of benzene rings is 2. The van der Waals surface area contributed by atoms with E-state index in [0.29, 0.717) is 0 Å². The molecule has 0 aliphatic carbocycles. The van der Waals surface area contributed by atoms with Crippen LogP contribution in [0.15, 0.2) is 60.7 Å². The van der Waals surface area contributed by atoms with Crippen molar-refractivity contribution in [3.63, 3.8) is 0 Å². The van der Waals surface area contributed by atoms with Gasteiger partial charge in [-0.25, -0.2) is 0 Å². The number of Topliss-reactive ketones (excluding diaryl/α,β-unsaturated/α-hetero) is 1. The van der Waals surface area contributed by atoms with Gasteiger partial charge in [-0.1, -0.05) is 81.4 Å². The van der Waals surface area contributed by atoms with Gasteiger partial charge in [-0.15, -0.1) is 0 Å². The Morgan fingerprint density at radius 1 is 0.833 bits per heavy atom. The van der Waals surface area contributed by atoms with Gasteiger partial charge < -0.3 is 0 Å². The van der Waals surface area contributed by atoms with Crippen molar-refractivity contribution in [1.82, 2.24) is 0 Å². The molecule has 0 aliphatic heterocycles. The average molecular weight is 240 g/mol. The van der Waals surface area contributed by atoms with E-state index < -0.39 is 0 Å². The van der Waals surface area contributed by atoms with Crippen LogP contribution in [0.4, 0.5) is 0 Å². The molecule has 18 heavy (non-hydrogen) atoms. The van der Waals surface area contributed by atoms with Crippen molar-refractivity contribution in [2.45, 2.75) is 26.7 Å². The molecule has 1 nitrogen and oxygen atoms in total. The molecule has 2 aromatic carbocycles. The minimum absolute atomic E-state index is 0.0800. The molecule has 0 saturated carbocycles. The Morgan fingerprint density at radius 3 is 1.78 bits per heavy atom. The molecule has 94 valence electrons. The Morgan fingerprint density at radius 2 is 1.28 bits per heavy atom. The van der Waals surface area contributed by atoms with Gasteiger partial charge in [0.25, 0.3) is 0 Å². The molecule has 0 spiro atoms. The topological polar surface area (TPSA) is 17.1 Å². The predicted octanol–water partition coefficient (Wildman–Crippen LogP) is 4.70. The van der Waals surface area contributed by atoms with Gasteiger partial charge in [-0.3, -0.25) is 4.79 Å². The number of carbonyl (C=O) groups is 1. The molecule has 0 saturated heterocycles. The second kappa shape index (κ2) is 7.44. The van der Waals surface area contributed by atoms with Crippen LogP contribution in [0.5, 0.6) is 0 Å². The highest BCUT2D eigenvalue weighted by molar-refractivity contribution is 6.00. The van der Waals surface area contributed by atoms with Gasteiger partial charge in [0.2, 0.25) is 0 Å². The van der Waals surface area contributed by atoms with E-state index in [-0.39, 0.29) is 11.7 Å². The lowest BCUT2D eigenvalue weighted by Gasteiger charge is -2.10. The van der Waals surface area contributed by atoms with Crippen molar-refractivity contribution in [2.75, 3.05) is 0 Å². The third-order valence-electron chi connectivity index (χ3n) is 2.75. The number of hydrogen-bond donors (Lipinski definition) is 0. The van der Waals surface area contributed by atoms with Crippen LogP contribution in [0.2, 0.25) is 0 Å². The zero-order valence-electron chi connectivity index (χ0n) is 11.3. The average Bonchev–Trinajstić information content (AvgIpc) is 2.49. The first-order chi connectivity index (χ1) is 8.79. The van der Waals surface area contributed by atoms with Crippen LogP contribution in [0.25, 0.3) is 0 Å². The van der Waals surface area contributed by atoms with Gasteiger partial charge in [0.15, 0.2) is 5.78 Å². The summed E-state index contributed by atoms with van der Waals surface area (Å²) in [5, 5.41) is 0. The summed E-state index contributed by atoms with van der Waals surface area (Å²) in [6.45, 7) is 5.95. The summed E-state index contributed by atoms with van der Waals surface area (Å²) in [5.41, 5.74) is 1.84. The molecule has 0 N–H and O–H groups in total. The standard InChI is InChI=1S/C15H14O.C2H6/c1-12(13-8-4-2-5-9-13)15(16)14-10-6-3-7-11-14;1-2/h2-12H,1H3;1-2H3. The quantitative estimate of drug-likeness (QED) is 0.711. The summed E-state index contributed by atoms with van der Waals surface area (Å²) < 4.78 is 0. The highest BCUT2D eigenvalue weighted by Crippen LogP contribution is 2.19. The van der Waals surface area contributed by atoms with Crippen LogP contribution in [0.1, 0.15) is 42.6 Å². The maximum atomic E-state index is 12.1. The molecule has 2 rings (SSSR count). The van der Waals surface area contributed by atoms with Gasteiger partial charge in [-0.2, -0.15) is 0 Å². The minimum Gasteiger partial charge on any atom is -0.294 e. The van der Waals surface area contributed by atoms with E-state index in [1.165, 1.54) is 0 Å². The molecule has 2 aromatic rings. The van der Waals surface area contributed by atoms with E-state index >= 15 is 0 Å². The lowest BCUT2D eigenvalue weighted by atomic mass is 9.92. The molecule has 0 fully saturated rings. The van der Waals surface area contributed by atoms with Crippen molar-refractivity contribution in [2.24, 2.45) is 0 Å². The highest BCUT2D eigenvalue weighted by atomic mass is 16.1. The molecule has 0 aliphatic rings. The molecular formula is C17H20O. The number of hydrogen-bond acceptors (Lipinski definition) is 1. The highest BCUT2D eigenvalue weighted by Gasteiger charge is 2.15. The number of ketones is 1. The van der Waals surface area contributed by atoms with E-state index in [4.69, 9.17) is 0 Å². The maximum Gasteiger partial charge on any atom is 0.170 e. The molecule has 0 amide bonds. The van der Waals surface area contributed by atoms with Crippen LogP contribution in [0, 0.1) is 0 Å². The van der Waals surface area contributed by atoms with Crippen molar-refractivity contribution in [1.29, 1.82) is 0 Å². The van der Waals surface area contributed by atoms with Crippen LogP contribution in [-0.4, -0.2) is 5.78 Å². The first kappa shape index (κ1) is 14.2. The molecule has 0 bridgehead atoms. The second-order valence-corrected chi connectivity index (χ2v) is 3.86. The third-order valence-corrected chi connectivity index (χ3v) is 2.75. The molecule has 0 radical (unpaired) electrons. The number of carbonyl (C=O) groups excluding carboxylic acids is 1. The maximum absolute atomic E-state index is 12.1. The Hall–Kier alpha value is -1.89. The Kier molecular flexibility index (Phi) is 5.86. The largest absolute Gasteiger partial charge is 0.294 e.